The molecule has 0 saturated heterocycles. The number of carbonyl (C=O) groups is 1. The van der Waals surface area contributed by atoms with Gasteiger partial charge in [-0.15, -0.1) is 24.0 Å². The fourth-order valence-electron chi connectivity index (χ4n) is 5.57. The maximum Gasteiger partial charge on any atom is 0.397 e. The second-order valence-electron chi connectivity index (χ2n) is 13.2. The van der Waals surface area contributed by atoms with Gasteiger partial charge in [-0.3, -0.25) is 22.6 Å². The lowest BCUT2D eigenvalue weighted by Crippen LogP contribution is -2.16. The van der Waals surface area contributed by atoms with E-state index in [-0.39, 0.29) is 78.9 Å². The third-order valence-corrected chi connectivity index (χ3v) is 14.8. The molecule has 0 bridgehead atoms. The minimum absolute atomic E-state index is 0.0367. The highest BCUT2D eigenvalue weighted by atomic mass is 32.3. The third kappa shape index (κ3) is 15.8. The van der Waals surface area contributed by atoms with Gasteiger partial charge in [0.15, 0.2) is 37.7 Å². The van der Waals surface area contributed by atoms with Crippen molar-refractivity contribution in [3.05, 3.63) is 90.5 Å². The average molecular weight is 1120 g/mol. The summed E-state index contributed by atoms with van der Waals surface area (Å²) in [6.07, 6.45) is 0. The summed E-state index contributed by atoms with van der Waals surface area (Å²) >= 11 is 0.322. The molecule has 0 unspecified atom stereocenters. The van der Waals surface area contributed by atoms with E-state index in [1.807, 2.05) is 0 Å². The van der Waals surface area contributed by atoms with E-state index in [4.69, 9.17) is 19.3 Å². The van der Waals surface area contributed by atoms with Crippen molar-refractivity contribution >= 4 is 125 Å². The van der Waals surface area contributed by atoms with Crippen LogP contribution in [0.15, 0.2) is 125 Å². The number of phenols is 1. The standard InChI is InChI=1S/C34H32N6O23S7/c41-33-25-9-11-28(35-19-68(49,50)51)31(39-38-27-10-8-24(17-30(27)69(52,53)54)66(45,46)14-12-58-65-63-61-44)26(25)18-29(64-62-60-43)32(33)40-37-21-6-4-20(5-7-21)34(42)36-22-2-1-3-23(16-22)67(47,48)15-13-59-70(55,56)57/h1-11,16-18,35,41,43-44H,12-15,19H2,(H,36,42)(H,49,50,51)(H,52,53,54)(H,55,56,57). The molecule has 0 saturated carbocycles. The lowest BCUT2D eigenvalue weighted by molar-refractivity contribution is -0.434. The monoisotopic (exact) mass is 1120 g/mol. The molecule has 0 heterocycles. The second-order valence-corrected chi connectivity index (χ2v) is 22.6. The molecular weight excluding hydrogens is 1080 g/mol. The molecule has 5 aromatic rings. The van der Waals surface area contributed by atoms with E-state index in [2.05, 4.69) is 54.0 Å². The highest BCUT2D eigenvalue weighted by molar-refractivity contribution is 7.94. The fourth-order valence-corrected chi connectivity index (χ4v) is 10.1. The van der Waals surface area contributed by atoms with Crippen molar-refractivity contribution in [1.29, 1.82) is 0 Å². The Bertz CT molecular complexity index is 3380. The molecule has 0 atom stereocenters. The van der Waals surface area contributed by atoms with Crippen LogP contribution >= 0.6 is 24.4 Å². The Kier molecular flexibility index (Phi) is 18.8. The van der Waals surface area contributed by atoms with Crippen LogP contribution in [-0.4, -0.2) is 108 Å². The Labute approximate surface area is 404 Å². The van der Waals surface area contributed by atoms with Crippen molar-refractivity contribution in [2.45, 2.75) is 19.6 Å². The summed E-state index contributed by atoms with van der Waals surface area (Å²) < 4.78 is 166. The Morgan fingerprint density at radius 1 is 0.671 bits per heavy atom. The number of phenolic OH excluding ortho intramolecular Hbond substituents is 1. The summed E-state index contributed by atoms with van der Waals surface area (Å²) in [6, 6.07) is 16.1. The van der Waals surface area contributed by atoms with Crippen LogP contribution in [0.5, 0.6) is 5.75 Å². The number of aromatic hydroxyl groups is 1. The summed E-state index contributed by atoms with van der Waals surface area (Å²) in [5.74, 6) is -4.09. The Morgan fingerprint density at radius 2 is 1.33 bits per heavy atom. The van der Waals surface area contributed by atoms with Crippen molar-refractivity contribution < 1.29 is 103 Å². The molecule has 378 valence electrons. The molecule has 0 radical (unpaired) electrons. The summed E-state index contributed by atoms with van der Waals surface area (Å²) in [6.45, 7) is -1.42. The number of nitrogens with zero attached hydrogens (tertiary/aromatic N) is 4. The number of fused-ring (bicyclic) bond motifs is 1. The first kappa shape index (κ1) is 55.6. The first-order valence-electron chi connectivity index (χ1n) is 18.3. The van der Waals surface area contributed by atoms with Gasteiger partial charge in [0.1, 0.15) is 27.8 Å². The largest absolute Gasteiger partial charge is 0.505 e. The SMILES string of the molecule is O=C(Nc1cccc(S(=O)(=O)CCOS(=O)(=O)O)c1)c1ccc(N=Nc2c(SOOO)cc3c(N=Nc4ccc(S(=O)(=O)CCOSOOO)cc4S(=O)(=O)O)c(NCS(=O)(=O)O)ccc3c2O)cc1. The maximum atomic E-state index is 13.0. The number of carbonyl (C=O) groups excluding carboxylic acids is 1. The summed E-state index contributed by atoms with van der Waals surface area (Å²) in [4.78, 5) is 10.9. The molecule has 36 heteroatoms. The molecule has 0 aromatic heterocycles. The van der Waals surface area contributed by atoms with Crippen LogP contribution in [0.25, 0.3) is 10.8 Å². The molecule has 0 aliphatic rings. The predicted octanol–water partition coefficient (Wildman–Crippen LogP) is 5.93. The topological polar surface area (TPSA) is 438 Å². The van der Waals surface area contributed by atoms with Gasteiger partial charge in [-0.2, -0.15) is 30.4 Å². The van der Waals surface area contributed by atoms with Gasteiger partial charge in [-0.25, -0.2) is 31.5 Å². The zero-order valence-corrected chi connectivity index (χ0v) is 40.1. The van der Waals surface area contributed by atoms with Gasteiger partial charge in [0, 0.05) is 22.0 Å². The average Bonchev–Trinajstić information content (AvgIpc) is 3.28. The third-order valence-electron chi connectivity index (χ3n) is 8.60. The van der Waals surface area contributed by atoms with Crippen molar-refractivity contribution in [3.8, 4) is 5.75 Å². The zero-order valence-electron chi connectivity index (χ0n) is 34.4. The predicted molar refractivity (Wildman–Crippen MR) is 242 cm³/mol. The van der Waals surface area contributed by atoms with Crippen molar-refractivity contribution in [2.24, 2.45) is 20.5 Å². The number of amides is 1. The molecule has 0 spiro atoms. The molecular formula is C34H32N6O23S7. The molecule has 29 nitrogen and oxygen atoms in total. The Hall–Kier alpha value is -5.36. The highest BCUT2D eigenvalue weighted by Gasteiger charge is 2.24. The van der Waals surface area contributed by atoms with E-state index < -0.39 is 108 Å². The van der Waals surface area contributed by atoms with Gasteiger partial charge in [-0.1, -0.05) is 16.1 Å². The summed E-state index contributed by atoms with van der Waals surface area (Å²) in [5, 5.41) is 56.3. The quantitative estimate of drug-likeness (QED) is 0.00838. The fraction of sp³-hybridized carbons (Fsp3) is 0.147. The van der Waals surface area contributed by atoms with E-state index in [1.54, 1.807) is 0 Å². The van der Waals surface area contributed by atoms with Crippen molar-refractivity contribution in [1.82, 2.24) is 0 Å². The van der Waals surface area contributed by atoms with E-state index in [0.29, 0.717) is 6.07 Å². The summed E-state index contributed by atoms with van der Waals surface area (Å²) in [7, 11) is -23.3. The van der Waals surface area contributed by atoms with Gasteiger partial charge in [0.25, 0.3) is 26.1 Å². The number of nitrogens with one attached hydrogen (secondary N) is 2. The van der Waals surface area contributed by atoms with Crippen LogP contribution in [0.2, 0.25) is 0 Å². The Morgan fingerprint density at radius 3 is 1.97 bits per heavy atom. The molecule has 5 rings (SSSR count). The van der Waals surface area contributed by atoms with Gasteiger partial charge < -0.3 is 15.7 Å². The van der Waals surface area contributed by atoms with Gasteiger partial charge in [-0.05, 0) is 78.9 Å². The number of azo groups is 2. The van der Waals surface area contributed by atoms with E-state index in [1.165, 1.54) is 54.6 Å². The second kappa shape index (κ2) is 23.7. The number of rotatable bonds is 25. The van der Waals surface area contributed by atoms with Gasteiger partial charge in [0.2, 0.25) is 0 Å². The van der Waals surface area contributed by atoms with Crippen molar-refractivity contribution in [3.63, 3.8) is 0 Å². The molecule has 70 heavy (non-hydrogen) atoms. The minimum atomic E-state index is -5.25. The number of benzene rings is 5. The molecule has 1 amide bonds. The summed E-state index contributed by atoms with van der Waals surface area (Å²) in [5.41, 5.74) is -1.48. The van der Waals surface area contributed by atoms with Crippen LogP contribution in [0.4, 0.5) is 34.1 Å². The molecule has 0 fully saturated rings. The normalized spacial score (nSPS) is 12.8. The van der Waals surface area contributed by atoms with Crippen LogP contribution in [0.3, 0.4) is 0 Å². The molecule has 5 aromatic carbocycles. The molecule has 0 aliphatic carbocycles. The Balaban J connectivity index is 1.48. The van der Waals surface area contributed by atoms with Crippen LogP contribution in [-0.2, 0) is 77.4 Å². The lowest BCUT2D eigenvalue weighted by Gasteiger charge is -2.14. The highest BCUT2D eigenvalue weighted by Crippen LogP contribution is 2.48. The first-order chi connectivity index (χ1) is 32.8. The maximum absolute atomic E-state index is 13.0. The lowest BCUT2D eigenvalue weighted by atomic mass is 10.1. The molecule has 8 N–H and O–H groups in total. The number of anilines is 2. The smallest absolute Gasteiger partial charge is 0.397 e. The van der Waals surface area contributed by atoms with E-state index in [9.17, 15) is 61.1 Å². The van der Waals surface area contributed by atoms with E-state index in [0.717, 1.165) is 24.3 Å². The first-order valence-corrected chi connectivity index (χ1v) is 27.4. The van der Waals surface area contributed by atoms with Crippen LogP contribution < -0.4 is 10.6 Å². The van der Waals surface area contributed by atoms with Gasteiger partial charge in [0.05, 0.1) is 62.8 Å². The van der Waals surface area contributed by atoms with Crippen LogP contribution in [0.1, 0.15) is 10.4 Å². The zero-order chi connectivity index (χ0) is 51.5. The van der Waals surface area contributed by atoms with Crippen LogP contribution in [0, 0.1) is 0 Å². The van der Waals surface area contributed by atoms with E-state index >= 15 is 0 Å². The van der Waals surface area contributed by atoms with Crippen molar-refractivity contribution in [2.75, 3.05) is 41.2 Å². The number of hydrogen-bond donors (Lipinski definition) is 8. The number of hydrogen-bond acceptors (Lipinski definition) is 27. The molecule has 0 aliphatic heterocycles. The number of sulfone groups is 2. The van der Waals surface area contributed by atoms with Gasteiger partial charge >= 0.3 is 10.4 Å². The minimum Gasteiger partial charge on any atom is -0.505 e.